The molecule has 1 fully saturated rings. The number of likely N-dealkylation sites (tertiary alicyclic amines) is 1. The third-order valence-corrected chi connectivity index (χ3v) is 4.31. The van der Waals surface area contributed by atoms with Gasteiger partial charge in [-0.25, -0.2) is 4.98 Å². The van der Waals surface area contributed by atoms with E-state index in [0.717, 1.165) is 13.1 Å². The minimum atomic E-state index is -0.0292. The van der Waals surface area contributed by atoms with Crippen LogP contribution in [-0.4, -0.2) is 41.5 Å². The van der Waals surface area contributed by atoms with Gasteiger partial charge >= 0.3 is 0 Å². The Morgan fingerprint density at radius 2 is 2.22 bits per heavy atom. The second-order valence-electron chi connectivity index (χ2n) is 6.07. The molecule has 124 valence electrons. The number of oxazole rings is 1. The molecule has 2 aromatic rings. The fourth-order valence-electron chi connectivity index (χ4n) is 2.89. The maximum absolute atomic E-state index is 12.1. The first kappa shape index (κ1) is 15.8. The second-order valence-corrected chi connectivity index (χ2v) is 6.07. The van der Waals surface area contributed by atoms with E-state index >= 15 is 0 Å². The molecule has 1 aliphatic heterocycles. The minimum absolute atomic E-state index is 0.0292. The summed E-state index contributed by atoms with van der Waals surface area (Å²) < 4.78 is 10.8. The molecule has 1 aliphatic rings. The third kappa shape index (κ3) is 3.82. The molecule has 23 heavy (non-hydrogen) atoms. The molecule has 1 saturated heterocycles. The van der Waals surface area contributed by atoms with Gasteiger partial charge < -0.3 is 14.2 Å². The number of aromatic nitrogens is 1. The standard InChI is InChI=1S/C17H23N3O3/c1-12(20-7-3-4-8-20)11-18-16(21)10-14-13(2)23-17(19-14)15-6-5-9-22-15/h5-6,9,12H,3-4,7-8,10-11H2,1-2H3,(H,18,21). The van der Waals surface area contributed by atoms with Crippen molar-refractivity contribution in [2.45, 2.75) is 39.2 Å². The highest BCUT2D eigenvalue weighted by Crippen LogP contribution is 2.22. The molecule has 0 aromatic carbocycles. The van der Waals surface area contributed by atoms with E-state index in [2.05, 4.69) is 22.1 Å². The Balaban J connectivity index is 1.53. The lowest BCUT2D eigenvalue weighted by atomic mass is 10.2. The van der Waals surface area contributed by atoms with Gasteiger partial charge in [0, 0.05) is 12.6 Å². The molecule has 0 bridgehead atoms. The lowest BCUT2D eigenvalue weighted by Crippen LogP contribution is -2.41. The Morgan fingerprint density at radius 1 is 1.43 bits per heavy atom. The SMILES string of the molecule is Cc1oc(-c2ccco2)nc1CC(=O)NCC(C)N1CCCC1. The Kier molecular flexibility index (Phi) is 4.81. The molecule has 3 heterocycles. The average Bonchev–Trinajstić information content (AvgIpc) is 3.27. The number of rotatable bonds is 6. The van der Waals surface area contributed by atoms with Crippen molar-refractivity contribution in [3.63, 3.8) is 0 Å². The average molecular weight is 317 g/mol. The van der Waals surface area contributed by atoms with Crippen LogP contribution in [0.25, 0.3) is 11.7 Å². The van der Waals surface area contributed by atoms with E-state index in [9.17, 15) is 4.79 Å². The Morgan fingerprint density at radius 3 is 2.91 bits per heavy atom. The molecule has 2 aromatic heterocycles. The van der Waals surface area contributed by atoms with E-state index in [4.69, 9.17) is 8.83 Å². The number of furan rings is 1. The lowest BCUT2D eigenvalue weighted by molar-refractivity contribution is -0.120. The highest BCUT2D eigenvalue weighted by Gasteiger charge is 2.20. The van der Waals surface area contributed by atoms with Gasteiger partial charge in [-0.1, -0.05) is 0 Å². The van der Waals surface area contributed by atoms with Crippen LogP contribution < -0.4 is 5.32 Å². The van der Waals surface area contributed by atoms with Crippen LogP contribution in [0, 0.1) is 6.92 Å². The molecule has 3 rings (SSSR count). The summed E-state index contributed by atoms with van der Waals surface area (Å²) in [5.74, 6) is 1.61. The molecule has 0 saturated carbocycles. The maximum atomic E-state index is 12.1. The zero-order valence-corrected chi connectivity index (χ0v) is 13.7. The van der Waals surface area contributed by atoms with E-state index in [-0.39, 0.29) is 12.3 Å². The normalized spacial score (nSPS) is 16.6. The predicted octanol–water partition coefficient (Wildman–Crippen LogP) is 2.39. The summed E-state index contributed by atoms with van der Waals surface area (Å²) in [6.07, 6.45) is 4.31. The van der Waals surface area contributed by atoms with Crippen molar-refractivity contribution in [2.24, 2.45) is 0 Å². The van der Waals surface area contributed by atoms with Crippen LogP contribution in [-0.2, 0) is 11.2 Å². The van der Waals surface area contributed by atoms with E-state index in [1.165, 1.54) is 12.8 Å². The van der Waals surface area contributed by atoms with Crippen molar-refractivity contribution in [3.8, 4) is 11.7 Å². The Bertz CT molecular complexity index is 642. The van der Waals surface area contributed by atoms with Crippen LogP contribution in [0.3, 0.4) is 0 Å². The fourth-order valence-corrected chi connectivity index (χ4v) is 2.89. The topological polar surface area (TPSA) is 71.5 Å². The second kappa shape index (κ2) is 7.00. The molecule has 0 aliphatic carbocycles. The van der Waals surface area contributed by atoms with Crippen molar-refractivity contribution >= 4 is 5.91 Å². The van der Waals surface area contributed by atoms with Gasteiger partial charge in [0.1, 0.15) is 5.76 Å². The van der Waals surface area contributed by atoms with Crippen LogP contribution in [0.5, 0.6) is 0 Å². The number of nitrogens with one attached hydrogen (secondary N) is 1. The van der Waals surface area contributed by atoms with Crippen molar-refractivity contribution in [1.82, 2.24) is 15.2 Å². The van der Waals surface area contributed by atoms with Crippen LogP contribution in [0.4, 0.5) is 0 Å². The van der Waals surface area contributed by atoms with E-state index < -0.39 is 0 Å². The maximum Gasteiger partial charge on any atom is 0.263 e. The molecular weight excluding hydrogens is 294 g/mol. The summed E-state index contributed by atoms with van der Waals surface area (Å²) in [5.41, 5.74) is 0.655. The van der Waals surface area contributed by atoms with Crippen molar-refractivity contribution in [3.05, 3.63) is 29.9 Å². The van der Waals surface area contributed by atoms with Crippen molar-refractivity contribution in [2.75, 3.05) is 19.6 Å². The van der Waals surface area contributed by atoms with Gasteiger partial charge in [0.2, 0.25) is 5.91 Å². The summed E-state index contributed by atoms with van der Waals surface area (Å²) in [5, 5.41) is 2.99. The summed E-state index contributed by atoms with van der Waals surface area (Å²) in [6, 6.07) is 3.94. The van der Waals surface area contributed by atoms with Crippen LogP contribution in [0.15, 0.2) is 27.2 Å². The van der Waals surface area contributed by atoms with Gasteiger partial charge in [-0.2, -0.15) is 0 Å². The largest absolute Gasteiger partial charge is 0.459 e. The van der Waals surface area contributed by atoms with Gasteiger partial charge in [0.05, 0.1) is 18.4 Å². The number of hydrogen-bond acceptors (Lipinski definition) is 5. The van der Waals surface area contributed by atoms with Crippen molar-refractivity contribution in [1.29, 1.82) is 0 Å². The number of carbonyl (C=O) groups is 1. The van der Waals surface area contributed by atoms with E-state index in [0.29, 0.717) is 35.7 Å². The van der Waals surface area contributed by atoms with Crippen LogP contribution in [0.2, 0.25) is 0 Å². The van der Waals surface area contributed by atoms with Gasteiger partial charge in [0.15, 0.2) is 5.76 Å². The van der Waals surface area contributed by atoms with Gasteiger partial charge in [-0.3, -0.25) is 9.69 Å². The summed E-state index contributed by atoms with van der Waals surface area (Å²) in [6.45, 7) is 6.90. The monoisotopic (exact) mass is 317 g/mol. The van der Waals surface area contributed by atoms with Gasteiger partial charge in [-0.15, -0.1) is 0 Å². The number of hydrogen-bond donors (Lipinski definition) is 1. The first-order valence-corrected chi connectivity index (χ1v) is 8.14. The third-order valence-electron chi connectivity index (χ3n) is 4.31. The molecule has 1 N–H and O–H groups in total. The molecule has 1 amide bonds. The Hall–Kier alpha value is -2.08. The molecule has 0 radical (unpaired) electrons. The molecule has 6 heteroatoms. The molecule has 0 spiro atoms. The highest BCUT2D eigenvalue weighted by molar-refractivity contribution is 5.78. The summed E-state index contributed by atoms with van der Waals surface area (Å²) in [4.78, 5) is 18.9. The molecule has 6 nitrogen and oxygen atoms in total. The van der Waals surface area contributed by atoms with Crippen LogP contribution in [0.1, 0.15) is 31.2 Å². The van der Waals surface area contributed by atoms with E-state index in [1.54, 1.807) is 18.4 Å². The zero-order valence-electron chi connectivity index (χ0n) is 13.7. The molecule has 1 atom stereocenters. The summed E-state index contributed by atoms with van der Waals surface area (Å²) in [7, 11) is 0. The predicted molar refractivity (Wildman–Crippen MR) is 85.9 cm³/mol. The van der Waals surface area contributed by atoms with Crippen molar-refractivity contribution < 1.29 is 13.6 Å². The zero-order chi connectivity index (χ0) is 16.2. The van der Waals surface area contributed by atoms with Gasteiger partial charge in [0.25, 0.3) is 5.89 Å². The minimum Gasteiger partial charge on any atom is -0.459 e. The van der Waals surface area contributed by atoms with Gasteiger partial charge in [-0.05, 0) is 51.9 Å². The number of nitrogens with zero attached hydrogens (tertiary/aromatic N) is 2. The number of amides is 1. The van der Waals surface area contributed by atoms with Crippen LogP contribution >= 0.6 is 0 Å². The molecular formula is C17H23N3O3. The number of carbonyl (C=O) groups excluding carboxylic acids is 1. The molecule has 1 unspecified atom stereocenters. The number of aryl methyl sites for hydroxylation is 1. The highest BCUT2D eigenvalue weighted by atomic mass is 16.4. The fraction of sp³-hybridized carbons (Fsp3) is 0.529. The quantitative estimate of drug-likeness (QED) is 0.885. The summed E-state index contributed by atoms with van der Waals surface area (Å²) >= 11 is 0. The smallest absolute Gasteiger partial charge is 0.263 e. The lowest BCUT2D eigenvalue weighted by Gasteiger charge is -2.23. The first-order chi connectivity index (χ1) is 11.1. The Labute approximate surface area is 135 Å². The van der Waals surface area contributed by atoms with E-state index in [1.807, 2.05) is 6.92 Å². The first-order valence-electron chi connectivity index (χ1n) is 8.14.